The first-order chi connectivity index (χ1) is 16.4. The van der Waals surface area contributed by atoms with Crippen molar-refractivity contribution in [2.45, 2.75) is 20.3 Å². The number of amides is 2. The van der Waals surface area contributed by atoms with Gasteiger partial charge in [0, 0.05) is 16.9 Å². The minimum Gasteiger partial charge on any atom is -0.321 e. The molecule has 8 heteroatoms. The molecule has 0 aromatic heterocycles. The first kappa shape index (κ1) is 22.8. The van der Waals surface area contributed by atoms with Crippen LogP contribution in [0.4, 0.5) is 30.6 Å². The molecule has 34 heavy (non-hydrogen) atoms. The van der Waals surface area contributed by atoms with Crippen molar-refractivity contribution < 1.29 is 13.6 Å². The summed E-state index contributed by atoms with van der Waals surface area (Å²) >= 11 is 0. The number of nitrogens with zero attached hydrogens (tertiary/aromatic N) is 1. The predicted molar refractivity (Wildman–Crippen MR) is 130 cm³/mol. The average molecular weight is 460 g/mol. The highest BCUT2D eigenvalue weighted by Crippen LogP contribution is 2.28. The van der Waals surface area contributed by atoms with Crippen molar-refractivity contribution in [1.29, 1.82) is 0 Å². The van der Waals surface area contributed by atoms with Crippen LogP contribution in [0.2, 0.25) is 0 Å². The Labute approximate surface area is 194 Å². The minimum absolute atomic E-state index is 0.222. The minimum atomic E-state index is -0.877. The van der Waals surface area contributed by atoms with Gasteiger partial charge in [-0.2, -0.15) is 0 Å². The monoisotopic (exact) mass is 460 g/mol. The number of anilines is 2. The Hall–Kier alpha value is -4.33. The molecule has 4 rings (SSSR count). The number of aromatic amines is 1. The molecule has 0 saturated heterocycles. The van der Waals surface area contributed by atoms with Gasteiger partial charge in [0.25, 0.3) is 5.56 Å². The summed E-state index contributed by atoms with van der Waals surface area (Å²) in [4.78, 5) is 32.6. The highest BCUT2D eigenvalue weighted by molar-refractivity contribution is 6.07. The normalized spacial score (nSPS) is 11.5. The van der Waals surface area contributed by atoms with Crippen molar-refractivity contribution in [2.75, 3.05) is 10.6 Å². The number of rotatable bonds is 5. The zero-order valence-corrected chi connectivity index (χ0v) is 18.6. The molecule has 0 spiro atoms. The number of benzene rings is 2. The summed E-state index contributed by atoms with van der Waals surface area (Å²) in [6.07, 6.45) is 0.505. The predicted octanol–water partition coefficient (Wildman–Crippen LogP) is 6.24. The van der Waals surface area contributed by atoms with E-state index in [2.05, 4.69) is 15.6 Å². The van der Waals surface area contributed by atoms with Gasteiger partial charge in [0.15, 0.2) is 0 Å². The number of hydrogen-bond donors (Lipinski definition) is 3. The number of fused-ring (bicyclic) bond motifs is 1. The van der Waals surface area contributed by atoms with E-state index in [1.54, 1.807) is 18.2 Å². The number of hydrogen-bond acceptors (Lipinski definition) is 3. The number of aliphatic imine (C=N–C) groups is 1. The maximum atomic E-state index is 13.8. The second-order valence-corrected chi connectivity index (χ2v) is 7.66. The van der Waals surface area contributed by atoms with E-state index >= 15 is 0 Å². The van der Waals surface area contributed by atoms with Crippen LogP contribution in [0.15, 0.2) is 76.5 Å². The summed E-state index contributed by atoms with van der Waals surface area (Å²) in [6, 6.07) is 16.9. The van der Waals surface area contributed by atoms with Crippen molar-refractivity contribution in [3.05, 3.63) is 99.8 Å². The third-order valence-corrected chi connectivity index (χ3v) is 5.33. The topological polar surface area (TPSA) is 86.3 Å². The van der Waals surface area contributed by atoms with Crippen LogP contribution in [0.25, 0.3) is 11.3 Å². The van der Waals surface area contributed by atoms with Gasteiger partial charge in [-0.1, -0.05) is 43.3 Å². The molecule has 0 radical (unpaired) electrons. The fourth-order valence-electron chi connectivity index (χ4n) is 3.63. The number of aromatic nitrogens is 1. The van der Waals surface area contributed by atoms with E-state index in [1.807, 2.05) is 44.2 Å². The van der Waals surface area contributed by atoms with E-state index < -0.39 is 23.4 Å². The van der Waals surface area contributed by atoms with Crippen LogP contribution in [-0.4, -0.2) is 16.7 Å². The molecule has 1 aliphatic heterocycles. The highest BCUT2D eigenvalue weighted by Gasteiger charge is 2.18. The fraction of sp³-hybridized carbons (Fsp3) is 0.115. The third-order valence-electron chi connectivity index (χ3n) is 5.33. The van der Waals surface area contributed by atoms with Crippen molar-refractivity contribution in [3.63, 3.8) is 0 Å². The molecule has 0 saturated carbocycles. The van der Waals surface area contributed by atoms with Crippen LogP contribution in [0.5, 0.6) is 0 Å². The van der Waals surface area contributed by atoms with E-state index in [9.17, 15) is 18.4 Å². The van der Waals surface area contributed by atoms with Crippen molar-refractivity contribution >= 4 is 28.8 Å². The Bertz CT molecular complexity index is 1410. The Morgan fingerprint density at radius 3 is 2.44 bits per heavy atom. The van der Waals surface area contributed by atoms with E-state index in [0.717, 1.165) is 29.0 Å². The van der Waals surface area contributed by atoms with Crippen LogP contribution in [0.1, 0.15) is 24.5 Å². The van der Waals surface area contributed by atoms with Crippen LogP contribution in [0, 0.1) is 18.6 Å². The summed E-state index contributed by atoms with van der Waals surface area (Å²) in [5.74, 6) is -1.75. The lowest BCUT2D eigenvalue weighted by atomic mass is 10.0. The van der Waals surface area contributed by atoms with Gasteiger partial charge in [0.1, 0.15) is 17.3 Å². The van der Waals surface area contributed by atoms with Gasteiger partial charge >= 0.3 is 6.03 Å². The highest BCUT2D eigenvalue weighted by atomic mass is 19.1. The van der Waals surface area contributed by atoms with Gasteiger partial charge in [-0.05, 0) is 49.2 Å². The molecule has 2 aromatic carbocycles. The fourth-order valence-corrected chi connectivity index (χ4v) is 3.63. The lowest BCUT2D eigenvalue weighted by Crippen LogP contribution is -2.21. The molecule has 0 bridgehead atoms. The zero-order chi connectivity index (χ0) is 24.2. The summed E-state index contributed by atoms with van der Waals surface area (Å²) in [5.41, 5.74) is 3.59. The smallest absolute Gasteiger partial charge is 0.321 e. The largest absolute Gasteiger partial charge is 0.323 e. The van der Waals surface area contributed by atoms with Gasteiger partial charge in [0.05, 0.1) is 17.0 Å². The number of urea groups is 1. The van der Waals surface area contributed by atoms with E-state index in [-0.39, 0.29) is 5.56 Å². The number of carbonyl (C=O) groups is 1. The molecule has 6 nitrogen and oxygen atoms in total. The maximum Gasteiger partial charge on any atom is 0.323 e. The van der Waals surface area contributed by atoms with Gasteiger partial charge < -0.3 is 15.6 Å². The number of H-pyrrole nitrogens is 1. The molecule has 3 N–H and O–H groups in total. The number of halogens is 2. The Balaban J connectivity index is 1.64. The summed E-state index contributed by atoms with van der Waals surface area (Å²) in [6.45, 7) is 3.77. The molecule has 2 aromatic rings. The van der Waals surface area contributed by atoms with Crippen molar-refractivity contribution in [1.82, 2.24) is 4.98 Å². The van der Waals surface area contributed by atoms with E-state index in [0.29, 0.717) is 29.1 Å². The molecule has 1 heterocycles. The van der Waals surface area contributed by atoms with Gasteiger partial charge in [-0.3, -0.25) is 9.79 Å². The van der Waals surface area contributed by atoms with Crippen LogP contribution in [0.3, 0.4) is 0 Å². The molecule has 2 amide bonds. The quantitative estimate of drug-likeness (QED) is 0.308. The summed E-state index contributed by atoms with van der Waals surface area (Å²) in [5, 5.41) is 4.75. The summed E-state index contributed by atoms with van der Waals surface area (Å²) in [7, 11) is 0. The van der Waals surface area contributed by atoms with Crippen LogP contribution in [-0.2, 0) is 0 Å². The summed E-state index contributed by atoms with van der Waals surface area (Å²) < 4.78 is 27.6. The maximum absolute atomic E-state index is 13.8. The molecule has 0 fully saturated rings. The lowest BCUT2D eigenvalue weighted by Gasteiger charge is -2.11. The third kappa shape index (κ3) is 4.71. The van der Waals surface area contributed by atoms with Gasteiger partial charge in [-0.15, -0.1) is 0 Å². The van der Waals surface area contributed by atoms with Gasteiger partial charge in [-0.25, -0.2) is 13.6 Å². The Morgan fingerprint density at radius 1 is 0.971 bits per heavy atom. The SMILES string of the molecule is CCC(=Nc1cc(NC(=O)Nc2c(F)cccc2F)ccc1C)c1c2cccccc-2[nH]c1=O. The van der Waals surface area contributed by atoms with Crippen LogP contribution < -0.4 is 16.2 Å². The van der Waals surface area contributed by atoms with E-state index in [4.69, 9.17) is 4.99 Å². The molecule has 0 atom stereocenters. The second kappa shape index (κ2) is 9.66. The number of para-hydroxylation sites is 1. The van der Waals surface area contributed by atoms with E-state index in [1.165, 1.54) is 6.07 Å². The Kier molecular flexibility index (Phi) is 6.49. The molecule has 0 unspecified atom stereocenters. The number of nitrogens with one attached hydrogen (secondary N) is 3. The van der Waals surface area contributed by atoms with Crippen molar-refractivity contribution in [2.24, 2.45) is 4.99 Å². The lowest BCUT2D eigenvalue weighted by molar-refractivity contribution is 0.262. The number of aryl methyl sites for hydroxylation is 1. The zero-order valence-electron chi connectivity index (χ0n) is 18.6. The first-order valence-electron chi connectivity index (χ1n) is 10.7. The Morgan fingerprint density at radius 2 is 1.71 bits per heavy atom. The molecular weight excluding hydrogens is 438 g/mol. The molecule has 1 aliphatic carbocycles. The molecular formula is C26H22F2N4O2. The van der Waals surface area contributed by atoms with Gasteiger partial charge in [0.2, 0.25) is 0 Å². The van der Waals surface area contributed by atoms with Crippen molar-refractivity contribution in [3.8, 4) is 11.3 Å². The standard InChI is InChI=1S/C26H22F2N4O2/c1-3-20(23-17-8-5-4-6-11-21(17)31-25(23)33)30-22-14-16(13-12-15(22)2)29-26(34)32-24-18(27)9-7-10-19(24)28/h4-14H,3H2,1-2H3,(H,31,33)(H2,29,32,34). The first-order valence-corrected chi connectivity index (χ1v) is 10.7. The van der Waals surface area contributed by atoms with Crippen LogP contribution >= 0.6 is 0 Å². The molecule has 2 aliphatic rings. The molecule has 172 valence electrons. The second-order valence-electron chi connectivity index (χ2n) is 7.66. The number of carbonyl (C=O) groups excluding carboxylic acids is 1. The average Bonchev–Trinajstić information content (AvgIpc) is 2.95.